The first kappa shape index (κ1) is 18.7. The quantitative estimate of drug-likeness (QED) is 0.777. The molecule has 1 aromatic carbocycles. The van der Waals surface area contributed by atoms with Crippen molar-refractivity contribution in [1.82, 2.24) is 10.3 Å². The lowest BCUT2D eigenvalue weighted by Gasteiger charge is -2.31. The van der Waals surface area contributed by atoms with E-state index in [2.05, 4.69) is 24.1 Å². The Balaban J connectivity index is 1.65. The van der Waals surface area contributed by atoms with E-state index >= 15 is 0 Å². The first-order valence-electron chi connectivity index (χ1n) is 8.74. The van der Waals surface area contributed by atoms with Crippen LogP contribution < -0.4 is 20.5 Å². The van der Waals surface area contributed by atoms with E-state index in [1.165, 1.54) is 11.3 Å². The lowest BCUT2D eigenvalue weighted by Crippen LogP contribution is -2.52. The van der Waals surface area contributed by atoms with E-state index in [1.54, 1.807) is 0 Å². The Bertz CT molecular complexity index is 790. The largest absolute Gasteiger partial charge is 0.454 e. The van der Waals surface area contributed by atoms with Gasteiger partial charge in [0.25, 0.3) is 0 Å². The SMILES string of the molecule is CC(C)CC(C)(CN)NC(=O)Cc1csc(-c2ccc3c(c2)OCO3)n1. The van der Waals surface area contributed by atoms with Crippen LogP contribution in [0.25, 0.3) is 10.6 Å². The molecule has 26 heavy (non-hydrogen) atoms. The number of fused-ring (bicyclic) bond motifs is 1. The van der Waals surface area contributed by atoms with Crippen LogP contribution in [0.15, 0.2) is 23.6 Å². The first-order valence-corrected chi connectivity index (χ1v) is 9.62. The van der Waals surface area contributed by atoms with Crippen LogP contribution in [0.3, 0.4) is 0 Å². The molecule has 0 radical (unpaired) electrons. The summed E-state index contributed by atoms with van der Waals surface area (Å²) in [4.78, 5) is 17.0. The van der Waals surface area contributed by atoms with Gasteiger partial charge in [0.15, 0.2) is 11.5 Å². The van der Waals surface area contributed by atoms with Crippen LogP contribution in [-0.4, -0.2) is 29.8 Å². The van der Waals surface area contributed by atoms with Crippen molar-refractivity contribution in [2.75, 3.05) is 13.3 Å². The van der Waals surface area contributed by atoms with E-state index in [0.29, 0.717) is 12.5 Å². The fraction of sp³-hybridized carbons (Fsp3) is 0.474. The summed E-state index contributed by atoms with van der Waals surface area (Å²) in [6.45, 7) is 6.90. The van der Waals surface area contributed by atoms with E-state index in [1.807, 2.05) is 30.5 Å². The highest BCUT2D eigenvalue weighted by Crippen LogP contribution is 2.36. The number of ether oxygens (including phenoxy) is 2. The second kappa shape index (κ2) is 7.63. The van der Waals surface area contributed by atoms with Crippen LogP contribution in [0.5, 0.6) is 11.5 Å². The molecule has 2 aromatic rings. The van der Waals surface area contributed by atoms with Crippen LogP contribution in [0, 0.1) is 5.92 Å². The zero-order valence-electron chi connectivity index (χ0n) is 15.4. The van der Waals surface area contributed by atoms with Crippen molar-refractivity contribution in [2.24, 2.45) is 11.7 Å². The third-order valence-corrected chi connectivity index (χ3v) is 5.20. The minimum absolute atomic E-state index is 0.0545. The first-order chi connectivity index (χ1) is 12.4. The molecular formula is C19H25N3O3S. The number of benzene rings is 1. The molecule has 1 aliphatic rings. The number of carbonyl (C=O) groups excluding carboxylic acids is 1. The fourth-order valence-electron chi connectivity index (χ4n) is 3.18. The Morgan fingerprint density at radius 3 is 2.88 bits per heavy atom. The topological polar surface area (TPSA) is 86.5 Å². The second-order valence-electron chi connectivity index (χ2n) is 7.30. The highest BCUT2D eigenvalue weighted by molar-refractivity contribution is 7.13. The average molecular weight is 375 g/mol. The summed E-state index contributed by atoms with van der Waals surface area (Å²) in [6, 6.07) is 5.74. The number of thiazole rings is 1. The number of aromatic nitrogens is 1. The molecule has 0 spiro atoms. The number of rotatable bonds is 7. The summed E-state index contributed by atoms with van der Waals surface area (Å²) in [5.41, 5.74) is 7.19. The number of nitrogens with one attached hydrogen (secondary N) is 1. The molecule has 1 atom stereocenters. The van der Waals surface area contributed by atoms with Gasteiger partial charge < -0.3 is 20.5 Å². The maximum atomic E-state index is 12.4. The Kier molecular flexibility index (Phi) is 5.48. The molecular weight excluding hydrogens is 350 g/mol. The van der Waals surface area contributed by atoms with E-state index < -0.39 is 0 Å². The Labute approximate surface area is 157 Å². The number of hydrogen-bond acceptors (Lipinski definition) is 6. The van der Waals surface area contributed by atoms with Gasteiger partial charge in [-0.3, -0.25) is 4.79 Å². The van der Waals surface area contributed by atoms with E-state index in [9.17, 15) is 4.79 Å². The lowest BCUT2D eigenvalue weighted by atomic mass is 9.90. The number of nitrogens with zero attached hydrogens (tertiary/aromatic N) is 1. The minimum Gasteiger partial charge on any atom is -0.454 e. The summed E-state index contributed by atoms with van der Waals surface area (Å²) < 4.78 is 10.7. The third-order valence-electron chi connectivity index (χ3n) is 4.26. The van der Waals surface area contributed by atoms with Gasteiger partial charge in [-0.2, -0.15) is 0 Å². The van der Waals surface area contributed by atoms with Crippen molar-refractivity contribution in [3.05, 3.63) is 29.3 Å². The maximum absolute atomic E-state index is 12.4. The second-order valence-corrected chi connectivity index (χ2v) is 8.16. The van der Waals surface area contributed by atoms with Gasteiger partial charge in [0.05, 0.1) is 12.1 Å². The van der Waals surface area contributed by atoms with Crippen molar-refractivity contribution in [3.63, 3.8) is 0 Å². The van der Waals surface area contributed by atoms with Crippen LogP contribution in [0.2, 0.25) is 0 Å². The normalized spacial score (nSPS) is 15.1. The number of hydrogen-bond donors (Lipinski definition) is 2. The van der Waals surface area contributed by atoms with Crippen molar-refractivity contribution >= 4 is 17.2 Å². The molecule has 7 heteroatoms. The molecule has 2 heterocycles. The maximum Gasteiger partial charge on any atom is 0.231 e. The summed E-state index contributed by atoms with van der Waals surface area (Å²) in [7, 11) is 0. The number of nitrogens with two attached hydrogens (primary N) is 1. The standard InChI is InChI=1S/C19H25N3O3S/c1-12(2)8-19(3,10-20)22-17(23)7-14-9-26-18(21-14)13-4-5-15-16(6-13)25-11-24-15/h4-6,9,12H,7-8,10-11,20H2,1-3H3,(H,22,23). The Morgan fingerprint density at radius 2 is 2.15 bits per heavy atom. The van der Waals surface area contributed by atoms with Gasteiger partial charge in [-0.1, -0.05) is 13.8 Å². The highest BCUT2D eigenvalue weighted by Gasteiger charge is 2.26. The third kappa shape index (κ3) is 4.34. The molecule has 6 nitrogen and oxygen atoms in total. The Hall–Kier alpha value is -2.12. The van der Waals surface area contributed by atoms with Crippen molar-refractivity contribution < 1.29 is 14.3 Å². The van der Waals surface area contributed by atoms with Crippen molar-refractivity contribution in [3.8, 4) is 22.1 Å². The molecule has 0 bridgehead atoms. The van der Waals surface area contributed by atoms with Crippen LogP contribution >= 0.6 is 11.3 Å². The minimum atomic E-state index is -0.387. The van der Waals surface area contributed by atoms with Gasteiger partial charge in [0.2, 0.25) is 12.7 Å². The fourth-order valence-corrected chi connectivity index (χ4v) is 4.00. The van der Waals surface area contributed by atoms with Gasteiger partial charge in [-0.25, -0.2) is 4.98 Å². The van der Waals surface area contributed by atoms with E-state index in [4.69, 9.17) is 15.2 Å². The van der Waals surface area contributed by atoms with Crippen LogP contribution in [-0.2, 0) is 11.2 Å². The zero-order valence-corrected chi connectivity index (χ0v) is 16.2. The van der Waals surface area contributed by atoms with Gasteiger partial charge in [-0.15, -0.1) is 11.3 Å². The summed E-state index contributed by atoms with van der Waals surface area (Å²) in [5.74, 6) is 1.88. The Morgan fingerprint density at radius 1 is 1.38 bits per heavy atom. The molecule has 1 aliphatic heterocycles. The molecule has 0 saturated heterocycles. The van der Waals surface area contributed by atoms with Crippen LogP contribution in [0.1, 0.15) is 32.9 Å². The molecule has 1 amide bonds. The molecule has 3 N–H and O–H groups in total. The summed E-state index contributed by atoms with van der Waals surface area (Å²) >= 11 is 1.51. The predicted molar refractivity (Wildman–Crippen MR) is 102 cm³/mol. The molecule has 1 aromatic heterocycles. The molecule has 0 aliphatic carbocycles. The summed E-state index contributed by atoms with van der Waals surface area (Å²) in [5, 5.41) is 5.84. The van der Waals surface area contributed by atoms with Crippen LogP contribution in [0.4, 0.5) is 0 Å². The van der Waals surface area contributed by atoms with Gasteiger partial charge in [-0.05, 0) is 37.5 Å². The molecule has 1 unspecified atom stereocenters. The average Bonchev–Trinajstić information content (AvgIpc) is 3.22. The van der Waals surface area contributed by atoms with E-state index in [0.717, 1.165) is 34.2 Å². The molecule has 0 saturated carbocycles. The smallest absolute Gasteiger partial charge is 0.231 e. The van der Waals surface area contributed by atoms with Gasteiger partial charge >= 0.3 is 0 Å². The number of carbonyl (C=O) groups is 1. The van der Waals surface area contributed by atoms with E-state index in [-0.39, 0.29) is 24.7 Å². The highest BCUT2D eigenvalue weighted by atomic mass is 32.1. The zero-order chi connectivity index (χ0) is 18.7. The molecule has 0 fully saturated rings. The van der Waals surface area contributed by atoms with Crippen molar-refractivity contribution in [1.29, 1.82) is 0 Å². The lowest BCUT2D eigenvalue weighted by molar-refractivity contribution is -0.122. The molecule has 140 valence electrons. The van der Waals surface area contributed by atoms with Crippen molar-refractivity contribution in [2.45, 2.75) is 39.2 Å². The summed E-state index contributed by atoms with van der Waals surface area (Å²) in [6.07, 6.45) is 1.09. The van der Waals surface area contributed by atoms with Gasteiger partial charge in [0.1, 0.15) is 5.01 Å². The monoisotopic (exact) mass is 375 g/mol. The molecule has 3 rings (SSSR count). The van der Waals surface area contributed by atoms with Gasteiger partial charge in [0, 0.05) is 23.0 Å². The number of amides is 1. The predicted octanol–water partition coefficient (Wildman–Crippen LogP) is 2.96.